The van der Waals surface area contributed by atoms with E-state index in [0.717, 1.165) is 19.3 Å². The predicted octanol–water partition coefficient (Wildman–Crippen LogP) is 1.74. The first-order chi connectivity index (χ1) is 7.75. The minimum absolute atomic E-state index is 0.170. The van der Waals surface area contributed by atoms with E-state index in [1.807, 2.05) is 0 Å². The molecule has 1 heterocycles. The van der Waals surface area contributed by atoms with Gasteiger partial charge in [-0.15, -0.1) is 0 Å². The van der Waals surface area contributed by atoms with Gasteiger partial charge in [-0.2, -0.15) is 0 Å². The summed E-state index contributed by atoms with van der Waals surface area (Å²) in [7, 11) is 0. The third kappa shape index (κ3) is 4.28. The molecule has 0 aliphatic heterocycles. The lowest BCUT2D eigenvalue weighted by Crippen LogP contribution is -2.25. The number of hydrogen-bond donors (Lipinski definition) is 2. The van der Waals surface area contributed by atoms with E-state index >= 15 is 0 Å². The van der Waals surface area contributed by atoms with Crippen molar-refractivity contribution in [2.24, 2.45) is 0 Å². The second-order valence-electron chi connectivity index (χ2n) is 3.37. The lowest BCUT2D eigenvalue weighted by atomic mass is 10.2. The van der Waals surface area contributed by atoms with E-state index in [4.69, 9.17) is 5.11 Å². The lowest BCUT2D eigenvalue weighted by Gasteiger charge is -2.05. The standard InChI is InChI=1S/C11H15BrN2O2/c12-9-5-4-7-13-10(9)11(16)14-6-2-1-3-8-15/h4-5,7,15H,1-3,6,8H2,(H,14,16). The van der Waals surface area contributed by atoms with E-state index in [1.54, 1.807) is 18.3 Å². The van der Waals surface area contributed by atoms with Gasteiger partial charge in [0.25, 0.3) is 5.91 Å². The summed E-state index contributed by atoms with van der Waals surface area (Å²) in [6.45, 7) is 0.821. The zero-order chi connectivity index (χ0) is 11.8. The van der Waals surface area contributed by atoms with Crippen LogP contribution in [0, 0.1) is 0 Å². The van der Waals surface area contributed by atoms with Crippen LogP contribution < -0.4 is 5.32 Å². The lowest BCUT2D eigenvalue weighted by molar-refractivity contribution is 0.0947. The normalized spacial score (nSPS) is 10.1. The molecule has 0 saturated heterocycles. The summed E-state index contributed by atoms with van der Waals surface area (Å²) in [5.74, 6) is -0.170. The van der Waals surface area contributed by atoms with E-state index in [0.29, 0.717) is 16.7 Å². The Hall–Kier alpha value is -0.940. The maximum Gasteiger partial charge on any atom is 0.271 e. The molecule has 4 nitrogen and oxygen atoms in total. The molecule has 1 rings (SSSR count). The number of aliphatic hydroxyl groups is 1. The molecule has 16 heavy (non-hydrogen) atoms. The summed E-state index contributed by atoms with van der Waals surface area (Å²) in [4.78, 5) is 15.6. The topological polar surface area (TPSA) is 62.2 Å². The number of unbranched alkanes of at least 4 members (excludes halogenated alkanes) is 2. The predicted molar refractivity (Wildman–Crippen MR) is 65.2 cm³/mol. The Morgan fingerprint density at radius 1 is 1.44 bits per heavy atom. The van der Waals surface area contributed by atoms with Gasteiger partial charge in [-0.1, -0.05) is 0 Å². The fourth-order valence-corrected chi connectivity index (χ4v) is 1.69. The van der Waals surface area contributed by atoms with Crippen LogP contribution in [0.1, 0.15) is 29.8 Å². The van der Waals surface area contributed by atoms with E-state index in [1.165, 1.54) is 0 Å². The molecule has 0 bridgehead atoms. The fourth-order valence-electron chi connectivity index (χ4n) is 1.25. The third-order valence-corrected chi connectivity index (χ3v) is 2.73. The van der Waals surface area contributed by atoms with Gasteiger partial charge in [0, 0.05) is 23.8 Å². The Kier molecular flexibility index (Phi) is 6.03. The largest absolute Gasteiger partial charge is 0.396 e. The first-order valence-electron chi connectivity index (χ1n) is 5.25. The number of halogens is 1. The quantitative estimate of drug-likeness (QED) is 0.783. The molecule has 5 heteroatoms. The molecule has 0 saturated carbocycles. The Morgan fingerprint density at radius 2 is 2.25 bits per heavy atom. The molecule has 0 spiro atoms. The van der Waals surface area contributed by atoms with Crippen molar-refractivity contribution in [1.82, 2.24) is 10.3 Å². The van der Waals surface area contributed by atoms with Crippen molar-refractivity contribution in [1.29, 1.82) is 0 Å². The second-order valence-corrected chi connectivity index (χ2v) is 4.23. The Morgan fingerprint density at radius 3 is 2.94 bits per heavy atom. The molecule has 1 aromatic rings. The number of aliphatic hydroxyl groups excluding tert-OH is 1. The van der Waals surface area contributed by atoms with Gasteiger partial charge < -0.3 is 10.4 Å². The maximum absolute atomic E-state index is 11.6. The number of aromatic nitrogens is 1. The van der Waals surface area contributed by atoms with Crippen molar-refractivity contribution >= 4 is 21.8 Å². The van der Waals surface area contributed by atoms with Crippen molar-refractivity contribution in [3.05, 3.63) is 28.5 Å². The van der Waals surface area contributed by atoms with Crippen LogP contribution in [0.15, 0.2) is 22.8 Å². The molecule has 0 aliphatic carbocycles. The van der Waals surface area contributed by atoms with Gasteiger partial charge in [0.15, 0.2) is 0 Å². The van der Waals surface area contributed by atoms with Crippen LogP contribution >= 0.6 is 15.9 Å². The average Bonchev–Trinajstić information content (AvgIpc) is 2.29. The minimum atomic E-state index is -0.170. The van der Waals surface area contributed by atoms with Crippen LogP contribution in [-0.2, 0) is 0 Å². The van der Waals surface area contributed by atoms with Crippen molar-refractivity contribution in [3.63, 3.8) is 0 Å². The number of carbonyl (C=O) groups is 1. The van der Waals surface area contributed by atoms with Gasteiger partial charge in [0.05, 0.1) is 0 Å². The van der Waals surface area contributed by atoms with Gasteiger partial charge in [0.2, 0.25) is 0 Å². The number of nitrogens with zero attached hydrogens (tertiary/aromatic N) is 1. The number of amides is 1. The van der Waals surface area contributed by atoms with E-state index in [-0.39, 0.29) is 12.5 Å². The highest BCUT2D eigenvalue weighted by molar-refractivity contribution is 9.10. The second kappa shape index (κ2) is 7.35. The Balaban J connectivity index is 2.33. The fraction of sp³-hybridized carbons (Fsp3) is 0.455. The maximum atomic E-state index is 11.6. The molecule has 88 valence electrons. The van der Waals surface area contributed by atoms with Crippen LogP contribution in [0.2, 0.25) is 0 Å². The highest BCUT2D eigenvalue weighted by atomic mass is 79.9. The molecular weight excluding hydrogens is 272 g/mol. The van der Waals surface area contributed by atoms with Gasteiger partial charge >= 0.3 is 0 Å². The van der Waals surface area contributed by atoms with Gasteiger partial charge in [0.1, 0.15) is 5.69 Å². The molecule has 2 N–H and O–H groups in total. The molecule has 0 radical (unpaired) electrons. The van der Waals surface area contributed by atoms with E-state index in [2.05, 4.69) is 26.2 Å². The highest BCUT2D eigenvalue weighted by Gasteiger charge is 2.09. The average molecular weight is 287 g/mol. The van der Waals surface area contributed by atoms with Crippen LogP contribution in [0.5, 0.6) is 0 Å². The number of nitrogens with one attached hydrogen (secondary N) is 1. The summed E-state index contributed by atoms with van der Waals surface area (Å²) >= 11 is 3.27. The summed E-state index contributed by atoms with van der Waals surface area (Å²) < 4.78 is 0.697. The van der Waals surface area contributed by atoms with Gasteiger partial charge in [-0.3, -0.25) is 4.79 Å². The zero-order valence-corrected chi connectivity index (χ0v) is 10.5. The number of hydrogen-bond acceptors (Lipinski definition) is 3. The summed E-state index contributed by atoms with van der Waals surface area (Å²) in [5.41, 5.74) is 0.407. The number of rotatable bonds is 6. The van der Waals surface area contributed by atoms with Crippen molar-refractivity contribution in [2.75, 3.05) is 13.2 Å². The molecule has 1 amide bonds. The number of pyridine rings is 1. The number of carbonyl (C=O) groups excluding carboxylic acids is 1. The molecule has 1 aromatic heterocycles. The highest BCUT2D eigenvalue weighted by Crippen LogP contribution is 2.12. The SMILES string of the molecule is O=C(NCCCCCO)c1ncccc1Br. The summed E-state index contributed by atoms with van der Waals surface area (Å²) in [6, 6.07) is 3.55. The first kappa shape index (κ1) is 13.1. The van der Waals surface area contributed by atoms with Crippen molar-refractivity contribution in [2.45, 2.75) is 19.3 Å². The van der Waals surface area contributed by atoms with Crippen molar-refractivity contribution in [3.8, 4) is 0 Å². The zero-order valence-electron chi connectivity index (χ0n) is 8.95. The van der Waals surface area contributed by atoms with Crippen LogP contribution in [0.25, 0.3) is 0 Å². The van der Waals surface area contributed by atoms with E-state index < -0.39 is 0 Å². The first-order valence-corrected chi connectivity index (χ1v) is 6.04. The summed E-state index contributed by atoms with van der Waals surface area (Å²) in [6.07, 6.45) is 4.16. The third-order valence-electron chi connectivity index (χ3n) is 2.09. The summed E-state index contributed by atoms with van der Waals surface area (Å²) in [5, 5.41) is 11.4. The smallest absolute Gasteiger partial charge is 0.271 e. The molecule has 0 unspecified atom stereocenters. The van der Waals surface area contributed by atoms with Gasteiger partial charge in [-0.25, -0.2) is 4.98 Å². The Bertz CT molecular complexity index is 345. The van der Waals surface area contributed by atoms with Crippen molar-refractivity contribution < 1.29 is 9.90 Å². The van der Waals surface area contributed by atoms with Crippen LogP contribution in [0.4, 0.5) is 0 Å². The molecule has 0 atom stereocenters. The molecule has 0 aliphatic rings. The molecule has 0 fully saturated rings. The Labute approximate surface area is 103 Å². The van der Waals surface area contributed by atoms with Crippen LogP contribution in [0.3, 0.4) is 0 Å². The van der Waals surface area contributed by atoms with Crippen LogP contribution in [-0.4, -0.2) is 29.1 Å². The van der Waals surface area contributed by atoms with Gasteiger partial charge in [-0.05, 0) is 47.3 Å². The molecule has 0 aromatic carbocycles. The molecular formula is C11H15BrN2O2. The monoisotopic (exact) mass is 286 g/mol. The minimum Gasteiger partial charge on any atom is -0.396 e. The van der Waals surface area contributed by atoms with E-state index in [9.17, 15) is 4.79 Å².